The van der Waals surface area contributed by atoms with Gasteiger partial charge in [-0.3, -0.25) is 4.79 Å². The van der Waals surface area contributed by atoms with Crippen molar-refractivity contribution in [3.8, 4) is 5.75 Å². The molecule has 138 valence electrons. The number of ether oxygens (including phenoxy) is 1. The number of carbonyl (C=O) groups is 1. The standard InChI is InChI=1S/C21H32N2O2/c1-16(2)14-25-19-7-5-17(6-8-19)12-23-15-21(9-10-21)11-18(20(23)24)13-22(3)4/h5-8,16,18H,9-15H2,1-4H3. The molecule has 1 aliphatic heterocycles. The molecule has 0 aromatic heterocycles. The van der Waals surface area contributed by atoms with Crippen LogP contribution in [0, 0.1) is 17.3 Å². The summed E-state index contributed by atoms with van der Waals surface area (Å²) in [6.45, 7) is 7.54. The third-order valence-electron chi connectivity index (χ3n) is 5.29. The summed E-state index contributed by atoms with van der Waals surface area (Å²) >= 11 is 0. The number of benzene rings is 1. The maximum atomic E-state index is 12.9. The molecular formula is C21H32N2O2. The minimum atomic E-state index is 0.153. The summed E-state index contributed by atoms with van der Waals surface area (Å²) in [7, 11) is 4.11. The van der Waals surface area contributed by atoms with Crippen molar-refractivity contribution in [2.45, 2.75) is 39.7 Å². The number of rotatable bonds is 7. The van der Waals surface area contributed by atoms with Crippen LogP contribution in [0.4, 0.5) is 0 Å². The van der Waals surface area contributed by atoms with Gasteiger partial charge >= 0.3 is 0 Å². The number of hydrogen-bond donors (Lipinski definition) is 0. The normalized spacial score (nSPS) is 22.1. The van der Waals surface area contributed by atoms with Gasteiger partial charge in [0.25, 0.3) is 0 Å². The van der Waals surface area contributed by atoms with Gasteiger partial charge in [-0.05, 0) is 62.4 Å². The van der Waals surface area contributed by atoms with E-state index in [0.29, 0.717) is 17.2 Å². The van der Waals surface area contributed by atoms with Gasteiger partial charge in [0.1, 0.15) is 5.75 Å². The highest BCUT2D eigenvalue weighted by Gasteiger charge is 2.51. The van der Waals surface area contributed by atoms with Gasteiger partial charge in [0, 0.05) is 19.6 Å². The van der Waals surface area contributed by atoms with Gasteiger partial charge in [-0.1, -0.05) is 26.0 Å². The first-order valence-corrected chi connectivity index (χ1v) is 9.52. The highest BCUT2D eigenvalue weighted by Crippen LogP contribution is 2.53. The molecule has 3 rings (SSSR count). The van der Waals surface area contributed by atoms with Crippen LogP contribution in [0.1, 0.15) is 38.7 Å². The second-order valence-corrected chi connectivity index (χ2v) is 8.71. The minimum absolute atomic E-state index is 0.153. The average molecular weight is 344 g/mol. The van der Waals surface area contributed by atoms with Crippen LogP contribution in [0.25, 0.3) is 0 Å². The molecule has 2 aliphatic rings. The van der Waals surface area contributed by atoms with Gasteiger partial charge < -0.3 is 14.5 Å². The lowest BCUT2D eigenvalue weighted by Crippen LogP contribution is -2.48. The molecule has 1 spiro atoms. The molecule has 25 heavy (non-hydrogen) atoms. The lowest BCUT2D eigenvalue weighted by Gasteiger charge is -2.38. The first-order chi connectivity index (χ1) is 11.9. The number of likely N-dealkylation sites (tertiary alicyclic amines) is 1. The van der Waals surface area contributed by atoms with Crippen molar-refractivity contribution in [3.05, 3.63) is 29.8 Å². The molecule has 0 N–H and O–H groups in total. The molecule has 4 heteroatoms. The fourth-order valence-electron chi connectivity index (χ4n) is 3.85. The Morgan fingerprint density at radius 2 is 1.92 bits per heavy atom. The predicted octanol–water partition coefficient (Wildman–Crippen LogP) is 3.41. The summed E-state index contributed by atoms with van der Waals surface area (Å²) in [5.41, 5.74) is 1.60. The Kier molecular flexibility index (Phi) is 5.38. The molecule has 0 bridgehead atoms. The molecule has 1 atom stereocenters. The van der Waals surface area contributed by atoms with Crippen LogP contribution in [0.3, 0.4) is 0 Å². The van der Waals surface area contributed by atoms with E-state index in [2.05, 4.69) is 49.9 Å². The fourth-order valence-corrected chi connectivity index (χ4v) is 3.85. The van der Waals surface area contributed by atoms with Gasteiger partial charge in [-0.15, -0.1) is 0 Å². The summed E-state index contributed by atoms with van der Waals surface area (Å²) in [4.78, 5) is 17.1. The first-order valence-electron chi connectivity index (χ1n) is 9.52. The van der Waals surface area contributed by atoms with Crippen molar-refractivity contribution in [1.29, 1.82) is 0 Å². The lowest BCUT2D eigenvalue weighted by atomic mass is 9.85. The van der Waals surface area contributed by atoms with Crippen LogP contribution >= 0.6 is 0 Å². The molecule has 1 saturated carbocycles. The third-order valence-corrected chi connectivity index (χ3v) is 5.29. The van der Waals surface area contributed by atoms with Gasteiger partial charge in [0.2, 0.25) is 5.91 Å². The van der Waals surface area contributed by atoms with E-state index >= 15 is 0 Å². The van der Waals surface area contributed by atoms with Crippen molar-refractivity contribution in [3.63, 3.8) is 0 Å². The molecule has 1 saturated heterocycles. The molecular weight excluding hydrogens is 312 g/mol. The Morgan fingerprint density at radius 3 is 2.48 bits per heavy atom. The Morgan fingerprint density at radius 1 is 1.24 bits per heavy atom. The van der Waals surface area contributed by atoms with Crippen LogP contribution in [0.5, 0.6) is 5.75 Å². The van der Waals surface area contributed by atoms with Crippen molar-refractivity contribution >= 4 is 5.91 Å². The summed E-state index contributed by atoms with van der Waals surface area (Å²) in [6.07, 6.45) is 3.63. The van der Waals surface area contributed by atoms with Gasteiger partial charge in [-0.25, -0.2) is 0 Å². The van der Waals surface area contributed by atoms with Gasteiger partial charge in [-0.2, -0.15) is 0 Å². The monoisotopic (exact) mass is 344 g/mol. The van der Waals surface area contributed by atoms with Gasteiger partial charge in [0.05, 0.1) is 12.5 Å². The molecule has 4 nitrogen and oxygen atoms in total. The second-order valence-electron chi connectivity index (χ2n) is 8.71. The lowest BCUT2D eigenvalue weighted by molar-refractivity contribution is -0.142. The Bertz CT molecular complexity index is 590. The second kappa shape index (κ2) is 7.36. The third kappa shape index (κ3) is 4.75. The van der Waals surface area contributed by atoms with Crippen molar-refractivity contribution in [2.75, 3.05) is 33.8 Å². The van der Waals surface area contributed by atoms with Crippen LogP contribution < -0.4 is 4.74 Å². The van der Waals surface area contributed by atoms with E-state index in [4.69, 9.17) is 4.74 Å². The van der Waals surface area contributed by atoms with E-state index in [1.54, 1.807) is 0 Å². The van der Waals surface area contributed by atoms with E-state index in [9.17, 15) is 4.79 Å². The number of amides is 1. The van der Waals surface area contributed by atoms with Crippen LogP contribution in [-0.2, 0) is 11.3 Å². The summed E-state index contributed by atoms with van der Waals surface area (Å²) in [6, 6.07) is 8.24. The molecule has 1 aromatic rings. The van der Waals surface area contributed by atoms with Crippen LogP contribution in [-0.4, -0.2) is 49.5 Å². The number of piperidine rings is 1. The molecule has 2 fully saturated rings. The minimum Gasteiger partial charge on any atom is -0.493 e. The molecule has 1 heterocycles. The average Bonchev–Trinajstić information content (AvgIpc) is 3.29. The molecule has 1 aromatic carbocycles. The SMILES string of the molecule is CC(C)COc1ccc(CN2CC3(CC3)CC(CN(C)C)C2=O)cc1. The van der Waals surface area contributed by atoms with E-state index in [1.807, 2.05) is 12.1 Å². The zero-order valence-electron chi connectivity index (χ0n) is 16.1. The van der Waals surface area contributed by atoms with Crippen molar-refractivity contribution in [1.82, 2.24) is 9.80 Å². The highest BCUT2D eigenvalue weighted by molar-refractivity contribution is 5.80. The predicted molar refractivity (Wildman–Crippen MR) is 101 cm³/mol. The zero-order valence-corrected chi connectivity index (χ0v) is 16.1. The largest absolute Gasteiger partial charge is 0.493 e. The van der Waals surface area contributed by atoms with E-state index in [1.165, 1.54) is 18.4 Å². The fraction of sp³-hybridized carbons (Fsp3) is 0.667. The van der Waals surface area contributed by atoms with Crippen LogP contribution in [0.15, 0.2) is 24.3 Å². The maximum absolute atomic E-state index is 12.9. The Hall–Kier alpha value is -1.55. The topological polar surface area (TPSA) is 32.8 Å². The van der Waals surface area contributed by atoms with Crippen molar-refractivity contribution < 1.29 is 9.53 Å². The smallest absolute Gasteiger partial charge is 0.227 e. The van der Waals surface area contributed by atoms with Gasteiger partial charge in [0.15, 0.2) is 0 Å². The Labute approximate surface area is 152 Å². The molecule has 1 unspecified atom stereocenters. The summed E-state index contributed by atoms with van der Waals surface area (Å²) in [5, 5.41) is 0. The van der Waals surface area contributed by atoms with E-state index < -0.39 is 0 Å². The highest BCUT2D eigenvalue weighted by atomic mass is 16.5. The summed E-state index contributed by atoms with van der Waals surface area (Å²) < 4.78 is 5.75. The van der Waals surface area contributed by atoms with Crippen molar-refractivity contribution in [2.24, 2.45) is 17.3 Å². The molecule has 1 amide bonds. The zero-order chi connectivity index (χ0) is 18.0. The molecule has 1 aliphatic carbocycles. The maximum Gasteiger partial charge on any atom is 0.227 e. The summed E-state index contributed by atoms with van der Waals surface area (Å²) in [5.74, 6) is 1.91. The number of nitrogens with zero attached hydrogens (tertiary/aromatic N) is 2. The Balaban J connectivity index is 1.63. The number of hydrogen-bond acceptors (Lipinski definition) is 3. The quantitative estimate of drug-likeness (QED) is 0.760. The van der Waals surface area contributed by atoms with Crippen LogP contribution in [0.2, 0.25) is 0 Å². The molecule has 0 radical (unpaired) electrons. The number of carbonyl (C=O) groups excluding carboxylic acids is 1. The van der Waals surface area contributed by atoms with E-state index in [-0.39, 0.29) is 5.92 Å². The van der Waals surface area contributed by atoms with E-state index in [0.717, 1.165) is 38.4 Å². The first kappa shape index (κ1) is 18.2.